The van der Waals surface area contributed by atoms with Gasteiger partial charge in [-0.15, -0.1) is 11.3 Å². The van der Waals surface area contributed by atoms with Crippen LogP contribution in [0.4, 0.5) is 5.82 Å². The maximum absolute atomic E-state index is 10.9. The van der Waals surface area contributed by atoms with Crippen LogP contribution in [0.15, 0.2) is 41.8 Å². The lowest BCUT2D eigenvalue weighted by molar-refractivity contribution is -0.135. The molecule has 0 saturated carbocycles. The number of aliphatic carboxylic acids is 1. The van der Waals surface area contributed by atoms with Gasteiger partial charge in [0.2, 0.25) is 0 Å². The number of fused-ring (bicyclic) bond motifs is 1. The summed E-state index contributed by atoms with van der Waals surface area (Å²) in [6.45, 7) is -0.106. The van der Waals surface area contributed by atoms with Gasteiger partial charge in [0.25, 0.3) is 0 Å². The van der Waals surface area contributed by atoms with Crippen LogP contribution in [0.3, 0.4) is 0 Å². The van der Waals surface area contributed by atoms with E-state index in [1.54, 1.807) is 23.3 Å². The van der Waals surface area contributed by atoms with Gasteiger partial charge in [-0.1, -0.05) is 18.2 Å². The maximum atomic E-state index is 10.9. The molecular formula is C15H13N3O2S. The molecule has 0 radical (unpaired) electrons. The van der Waals surface area contributed by atoms with Crippen LogP contribution in [0.1, 0.15) is 0 Å². The van der Waals surface area contributed by atoms with Crippen molar-refractivity contribution in [1.29, 1.82) is 0 Å². The van der Waals surface area contributed by atoms with E-state index in [0.717, 1.165) is 15.8 Å². The van der Waals surface area contributed by atoms with E-state index in [9.17, 15) is 4.79 Å². The second-order valence-electron chi connectivity index (χ2n) is 4.62. The zero-order valence-electron chi connectivity index (χ0n) is 11.4. The van der Waals surface area contributed by atoms with Gasteiger partial charge in [0.1, 0.15) is 12.4 Å². The van der Waals surface area contributed by atoms with Gasteiger partial charge in [0.15, 0.2) is 5.82 Å². The lowest BCUT2D eigenvalue weighted by Crippen LogP contribution is -2.26. The van der Waals surface area contributed by atoms with E-state index in [0.29, 0.717) is 11.6 Å². The highest BCUT2D eigenvalue weighted by Gasteiger charge is 2.14. The molecule has 5 nitrogen and oxygen atoms in total. The predicted molar refractivity (Wildman–Crippen MR) is 83.8 cm³/mol. The SMILES string of the molecule is CN(CC(=O)O)c1nc(-c2cccs2)nc2ccccc12. The lowest BCUT2D eigenvalue weighted by atomic mass is 10.2. The van der Waals surface area contributed by atoms with Crippen LogP contribution in [-0.4, -0.2) is 34.6 Å². The Balaban J connectivity index is 2.18. The first-order chi connectivity index (χ1) is 10.1. The molecule has 0 amide bonds. The Kier molecular flexibility index (Phi) is 3.53. The Morgan fingerprint density at radius 3 is 2.76 bits per heavy atom. The fraction of sp³-hybridized carbons (Fsp3) is 0.133. The molecule has 106 valence electrons. The fourth-order valence-corrected chi connectivity index (χ4v) is 2.80. The molecule has 0 unspecified atom stereocenters. The largest absolute Gasteiger partial charge is 0.480 e. The standard InChI is InChI=1S/C15H13N3O2S/c1-18(9-13(19)20)15-10-5-2-3-6-11(10)16-14(17-15)12-7-4-8-21-12/h2-8H,9H2,1H3,(H,19,20). The quantitative estimate of drug-likeness (QED) is 0.802. The number of carbonyl (C=O) groups is 1. The Morgan fingerprint density at radius 2 is 2.05 bits per heavy atom. The highest BCUT2D eigenvalue weighted by atomic mass is 32.1. The van der Waals surface area contributed by atoms with E-state index in [2.05, 4.69) is 9.97 Å². The molecule has 0 spiro atoms. The number of hydrogen-bond donors (Lipinski definition) is 1. The molecule has 0 aliphatic carbocycles. The normalized spacial score (nSPS) is 10.7. The van der Waals surface area contributed by atoms with E-state index in [4.69, 9.17) is 5.11 Å². The summed E-state index contributed by atoms with van der Waals surface area (Å²) < 4.78 is 0. The van der Waals surface area contributed by atoms with E-state index in [1.807, 2.05) is 41.8 Å². The van der Waals surface area contributed by atoms with E-state index in [-0.39, 0.29) is 6.54 Å². The minimum atomic E-state index is -0.891. The van der Waals surface area contributed by atoms with Crippen LogP contribution in [0.5, 0.6) is 0 Å². The first kappa shape index (κ1) is 13.5. The number of carboxylic acid groups (broad SMARTS) is 1. The van der Waals surface area contributed by atoms with Crippen LogP contribution in [-0.2, 0) is 4.79 Å². The third-order valence-corrected chi connectivity index (χ3v) is 3.92. The number of rotatable bonds is 4. The Hall–Kier alpha value is -2.47. The average Bonchev–Trinajstić information content (AvgIpc) is 2.99. The third-order valence-electron chi connectivity index (χ3n) is 3.06. The zero-order valence-corrected chi connectivity index (χ0v) is 12.2. The van der Waals surface area contributed by atoms with Crippen LogP contribution in [0, 0.1) is 0 Å². The van der Waals surface area contributed by atoms with Crippen molar-refractivity contribution < 1.29 is 9.90 Å². The summed E-state index contributed by atoms with van der Waals surface area (Å²) in [6.07, 6.45) is 0. The molecule has 0 aliphatic heterocycles. The molecule has 3 aromatic rings. The van der Waals surface area contributed by atoms with Gasteiger partial charge in [-0.25, -0.2) is 9.97 Å². The first-order valence-corrected chi connectivity index (χ1v) is 7.26. The fourth-order valence-electron chi connectivity index (χ4n) is 2.14. The van der Waals surface area contributed by atoms with Crippen molar-refractivity contribution in [2.75, 3.05) is 18.5 Å². The second-order valence-corrected chi connectivity index (χ2v) is 5.56. The summed E-state index contributed by atoms with van der Waals surface area (Å²) in [5.74, 6) is 0.361. The molecule has 2 aromatic heterocycles. The predicted octanol–water partition coefficient (Wildman–Crippen LogP) is 2.88. The van der Waals surface area contributed by atoms with Crippen molar-refractivity contribution in [2.45, 2.75) is 0 Å². The van der Waals surface area contributed by atoms with Gasteiger partial charge < -0.3 is 10.0 Å². The topological polar surface area (TPSA) is 66.3 Å². The van der Waals surface area contributed by atoms with Crippen molar-refractivity contribution in [2.24, 2.45) is 0 Å². The molecule has 1 N–H and O–H groups in total. The Labute approximate surface area is 125 Å². The number of benzene rings is 1. The maximum Gasteiger partial charge on any atom is 0.323 e. The second kappa shape index (κ2) is 5.49. The average molecular weight is 299 g/mol. The molecule has 0 bridgehead atoms. The lowest BCUT2D eigenvalue weighted by Gasteiger charge is -2.18. The number of thiophene rings is 1. The van der Waals surface area contributed by atoms with Crippen LogP contribution >= 0.6 is 11.3 Å². The molecule has 0 aliphatic rings. The van der Waals surface area contributed by atoms with Crippen molar-refractivity contribution >= 4 is 34.0 Å². The molecule has 6 heteroatoms. The van der Waals surface area contributed by atoms with Gasteiger partial charge in [0.05, 0.1) is 10.4 Å². The van der Waals surface area contributed by atoms with Gasteiger partial charge in [-0.05, 0) is 23.6 Å². The van der Waals surface area contributed by atoms with Gasteiger partial charge >= 0.3 is 5.97 Å². The Morgan fingerprint density at radius 1 is 1.24 bits per heavy atom. The molecule has 0 fully saturated rings. The number of nitrogens with zero attached hydrogens (tertiary/aromatic N) is 3. The summed E-state index contributed by atoms with van der Waals surface area (Å²) in [4.78, 5) is 22.7. The van der Waals surface area contributed by atoms with Crippen molar-refractivity contribution in [3.8, 4) is 10.7 Å². The highest BCUT2D eigenvalue weighted by Crippen LogP contribution is 2.28. The van der Waals surface area contributed by atoms with Crippen molar-refractivity contribution in [1.82, 2.24) is 9.97 Å². The molecule has 3 rings (SSSR count). The van der Waals surface area contributed by atoms with Gasteiger partial charge in [-0.3, -0.25) is 4.79 Å². The molecule has 0 saturated heterocycles. The van der Waals surface area contributed by atoms with E-state index < -0.39 is 5.97 Å². The third kappa shape index (κ3) is 2.71. The number of hydrogen-bond acceptors (Lipinski definition) is 5. The first-order valence-electron chi connectivity index (χ1n) is 6.39. The number of aromatic nitrogens is 2. The smallest absolute Gasteiger partial charge is 0.323 e. The van der Waals surface area contributed by atoms with Crippen LogP contribution in [0.25, 0.3) is 21.6 Å². The van der Waals surface area contributed by atoms with E-state index in [1.165, 1.54) is 0 Å². The zero-order chi connectivity index (χ0) is 14.8. The van der Waals surface area contributed by atoms with Crippen LogP contribution < -0.4 is 4.90 Å². The minimum absolute atomic E-state index is 0.106. The van der Waals surface area contributed by atoms with E-state index >= 15 is 0 Å². The molecule has 21 heavy (non-hydrogen) atoms. The summed E-state index contributed by atoms with van der Waals surface area (Å²) in [6, 6.07) is 11.5. The summed E-state index contributed by atoms with van der Waals surface area (Å²) in [5.41, 5.74) is 0.808. The molecule has 0 atom stereocenters. The van der Waals surface area contributed by atoms with Gasteiger partial charge in [-0.2, -0.15) is 0 Å². The summed E-state index contributed by atoms with van der Waals surface area (Å²) in [5, 5.41) is 11.8. The summed E-state index contributed by atoms with van der Waals surface area (Å²) >= 11 is 1.56. The number of anilines is 1. The van der Waals surface area contributed by atoms with Crippen LogP contribution in [0.2, 0.25) is 0 Å². The molecular weight excluding hydrogens is 286 g/mol. The minimum Gasteiger partial charge on any atom is -0.480 e. The van der Waals surface area contributed by atoms with Crippen molar-refractivity contribution in [3.63, 3.8) is 0 Å². The number of para-hydroxylation sites is 1. The highest BCUT2D eigenvalue weighted by molar-refractivity contribution is 7.13. The summed E-state index contributed by atoms with van der Waals surface area (Å²) in [7, 11) is 1.72. The van der Waals surface area contributed by atoms with Gasteiger partial charge in [0, 0.05) is 12.4 Å². The number of likely N-dealkylation sites (N-methyl/N-ethyl adjacent to an activating group) is 1. The number of carboxylic acids is 1. The Bertz CT molecular complexity index is 787. The molecule has 2 heterocycles. The molecule has 1 aromatic carbocycles. The monoisotopic (exact) mass is 299 g/mol. The van der Waals surface area contributed by atoms with Crippen molar-refractivity contribution in [3.05, 3.63) is 41.8 Å².